The average Bonchev–Trinajstić information content (AvgIpc) is 3.26. The van der Waals surface area contributed by atoms with E-state index >= 15 is 0 Å². The Balaban J connectivity index is 1.37. The quantitative estimate of drug-likeness (QED) is 0.726. The first-order valence-corrected chi connectivity index (χ1v) is 11.6. The summed E-state index contributed by atoms with van der Waals surface area (Å²) < 4.78 is 5.60. The summed E-state index contributed by atoms with van der Waals surface area (Å²) in [7, 11) is 0. The molecular weight excluding hydrogens is 402 g/mol. The lowest BCUT2D eigenvalue weighted by Gasteiger charge is -2.36. The molecule has 2 aliphatic rings. The molecule has 6 heteroatoms. The highest BCUT2D eigenvalue weighted by molar-refractivity contribution is 5.88. The molecule has 2 heterocycles. The maximum absolute atomic E-state index is 13.4. The molecule has 2 aromatic rings. The second-order valence-corrected chi connectivity index (χ2v) is 9.15. The number of hydrogen-bond donors (Lipinski definition) is 1. The minimum absolute atomic E-state index is 0.0253. The third kappa shape index (κ3) is 5.49. The first-order valence-electron chi connectivity index (χ1n) is 11.6. The van der Waals surface area contributed by atoms with Crippen molar-refractivity contribution in [3.8, 4) is 5.75 Å². The molecule has 4 rings (SSSR count). The van der Waals surface area contributed by atoms with Crippen LogP contribution in [0.1, 0.15) is 43.0 Å². The van der Waals surface area contributed by atoms with Crippen LogP contribution in [0.25, 0.3) is 0 Å². The molecule has 2 amide bonds. The Morgan fingerprint density at radius 2 is 1.78 bits per heavy atom. The van der Waals surface area contributed by atoms with Crippen LogP contribution in [0.15, 0.2) is 48.5 Å². The molecule has 1 saturated heterocycles. The number of piperazine rings is 1. The van der Waals surface area contributed by atoms with Gasteiger partial charge in [0.25, 0.3) is 0 Å². The van der Waals surface area contributed by atoms with Crippen molar-refractivity contribution >= 4 is 11.8 Å². The van der Waals surface area contributed by atoms with Crippen molar-refractivity contribution in [2.75, 3.05) is 32.8 Å². The Bertz CT molecular complexity index is 937. The predicted molar refractivity (Wildman–Crippen MR) is 124 cm³/mol. The standard InChI is InChI=1S/C26H33N3O3/c1-19(2)16-24(30)27-25(21-6-4-3-5-7-21)26(31)29-13-11-28(12-14-29)18-20-8-9-23-22(17-20)10-15-32-23/h3-9,17,19,25H,10-16,18H2,1-2H3,(H,27,30). The SMILES string of the molecule is CC(C)CC(=O)NC(C(=O)N1CCN(Cc2ccc3c(c2)CCO3)CC1)c1ccccc1. The van der Waals surface area contributed by atoms with E-state index in [0.717, 1.165) is 44.0 Å². The summed E-state index contributed by atoms with van der Waals surface area (Å²) in [6.07, 6.45) is 1.39. The Morgan fingerprint density at radius 1 is 1.03 bits per heavy atom. The molecule has 0 radical (unpaired) electrons. The van der Waals surface area contributed by atoms with Gasteiger partial charge in [0.15, 0.2) is 0 Å². The van der Waals surface area contributed by atoms with Gasteiger partial charge in [-0.3, -0.25) is 14.5 Å². The molecule has 0 aromatic heterocycles. The van der Waals surface area contributed by atoms with Gasteiger partial charge in [0.2, 0.25) is 11.8 Å². The van der Waals surface area contributed by atoms with Crippen LogP contribution in [-0.2, 0) is 22.6 Å². The van der Waals surface area contributed by atoms with Crippen LogP contribution in [0.3, 0.4) is 0 Å². The Morgan fingerprint density at radius 3 is 2.50 bits per heavy atom. The largest absolute Gasteiger partial charge is 0.493 e. The van der Waals surface area contributed by atoms with E-state index < -0.39 is 6.04 Å². The molecule has 2 aliphatic heterocycles. The lowest BCUT2D eigenvalue weighted by atomic mass is 10.0. The minimum atomic E-state index is -0.634. The van der Waals surface area contributed by atoms with Crippen molar-refractivity contribution in [2.45, 2.75) is 39.3 Å². The number of benzene rings is 2. The summed E-state index contributed by atoms with van der Waals surface area (Å²) in [5.74, 6) is 1.15. The topological polar surface area (TPSA) is 61.9 Å². The summed E-state index contributed by atoms with van der Waals surface area (Å²) >= 11 is 0. The summed E-state index contributed by atoms with van der Waals surface area (Å²) in [4.78, 5) is 30.1. The van der Waals surface area contributed by atoms with Gasteiger partial charge in [0.1, 0.15) is 11.8 Å². The number of ether oxygens (including phenoxy) is 1. The normalized spacial score (nSPS) is 17.0. The fourth-order valence-corrected chi connectivity index (χ4v) is 4.43. The number of nitrogens with one attached hydrogen (secondary N) is 1. The van der Waals surface area contributed by atoms with Gasteiger partial charge in [-0.05, 0) is 28.7 Å². The average molecular weight is 436 g/mol. The molecule has 1 atom stereocenters. The molecule has 1 unspecified atom stereocenters. The first-order chi connectivity index (χ1) is 15.5. The molecule has 6 nitrogen and oxygen atoms in total. The zero-order valence-electron chi connectivity index (χ0n) is 19.0. The van der Waals surface area contributed by atoms with Crippen LogP contribution in [0.5, 0.6) is 5.75 Å². The zero-order valence-corrected chi connectivity index (χ0v) is 19.0. The van der Waals surface area contributed by atoms with E-state index in [0.29, 0.717) is 19.5 Å². The number of amides is 2. The van der Waals surface area contributed by atoms with Crippen molar-refractivity contribution in [3.63, 3.8) is 0 Å². The smallest absolute Gasteiger partial charge is 0.249 e. The Hall–Kier alpha value is -2.86. The number of hydrogen-bond acceptors (Lipinski definition) is 4. The summed E-state index contributed by atoms with van der Waals surface area (Å²) in [6.45, 7) is 8.63. The van der Waals surface area contributed by atoms with Gasteiger partial charge in [-0.1, -0.05) is 56.3 Å². The molecule has 32 heavy (non-hydrogen) atoms. The first kappa shape index (κ1) is 22.3. The van der Waals surface area contributed by atoms with Crippen LogP contribution < -0.4 is 10.1 Å². The third-order valence-electron chi connectivity index (χ3n) is 6.12. The van der Waals surface area contributed by atoms with Gasteiger partial charge in [-0.15, -0.1) is 0 Å². The fraction of sp³-hybridized carbons (Fsp3) is 0.462. The van der Waals surface area contributed by atoms with Crippen molar-refractivity contribution in [1.82, 2.24) is 15.1 Å². The van der Waals surface area contributed by atoms with E-state index in [2.05, 4.69) is 28.4 Å². The highest BCUT2D eigenvalue weighted by Crippen LogP contribution is 2.26. The number of carbonyl (C=O) groups is 2. The maximum Gasteiger partial charge on any atom is 0.249 e. The minimum Gasteiger partial charge on any atom is -0.493 e. The number of carbonyl (C=O) groups excluding carboxylic acids is 2. The van der Waals surface area contributed by atoms with Gasteiger partial charge >= 0.3 is 0 Å². The van der Waals surface area contributed by atoms with Crippen molar-refractivity contribution in [3.05, 3.63) is 65.2 Å². The van der Waals surface area contributed by atoms with Gasteiger partial charge < -0.3 is 15.0 Å². The van der Waals surface area contributed by atoms with Gasteiger partial charge in [0, 0.05) is 45.6 Å². The fourth-order valence-electron chi connectivity index (χ4n) is 4.43. The second kappa shape index (κ2) is 10.2. The van der Waals surface area contributed by atoms with Crippen molar-refractivity contribution in [1.29, 1.82) is 0 Å². The lowest BCUT2D eigenvalue weighted by molar-refractivity contribution is -0.138. The third-order valence-corrected chi connectivity index (χ3v) is 6.12. The molecule has 170 valence electrons. The van der Waals surface area contributed by atoms with Crippen LogP contribution in [-0.4, -0.2) is 54.4 Å². The molecule has 0 saturated carbocycles. The van der Waals surface area contributed by atoms with Crippen molar-refractivity contribution in [2.24, 2.45) is 5.92 Å². The molecule has 0 spiro atoms. The molecule has 0 aliphatic carbocycles. The highest BCUT2D eigenvalue weighted by Gasteiger charge is 2.30. The highest BCUT2D eigenvalue weighted by atomic mass is 16.5. The second-order valence-electron chi connectivity index (χ2n) is 9.15. The van der Waals surface area contributed by atoms with Gasteiger partial charge in [-0.25, -0.2) is 0 Å². The number of rotatable bonds is 7. The Labute approximate surface area is 190 Å². The molecule has 0 bridgehead atoms. The molecule has 1 N–H and O–H groups in total. The van der Waals surface area contributed by atoms with Crippen molar-refractivity contribution < 1.29 is 14.3 Å². The Kier molecular flexibility index (Phi) is 7.10. The summed E-state index contributed by atoms with van der Waals surface area (Å²) in [5, 5.41) is 2.98. The van der Waals surface area contributed by atoms with Gasteiger partial charge in [-0.2, -0.15) is 0 Å². The maximum atomic E-state index is 13.4. The summed E-state index contributed by atoms with van der Waals surface area (Å²) in [5.41, 5.74) is 3.41. The monoisotopic (exact) mass is 435 g/mol. The van der Waals surface area contributed by atoms with Crippen LogP contribution >= 0.6 is 0 Å². The van der Waals surface area contributed by atoms with E-state index in [1.54, 1.807) is 0 Å². The van der Waals surface area contributed by atoms with Crippen LogP contribution in [0.4, 0.5) is 0 Å². The summed E-state index contributed by atoms with van der Waals surface area (Å²) in [6, 6.07) is 15.4. The van der Waals surface area contributed by atoms with E-state index in [9.17, 15) is 9.59 Å². The van der Waals surface area contributed by atoms with Crippen LogP contribution in [0.2, 0.25) is 0 Å². The van der Waals surface area contributed by atoms with E-state index in [1.165, 1.54) is 11.1 Å². The van der Waals surface area contributed by atoms with E-state index in [-0.39, 0.29) is 17.7 Å². The molecule has 2 aromatic carbocycles. The van der Waals surface area contributed by atoms with E-state index in [1.807, 2.05) is 49.1 Å². The molecule has 1 fully saturated rings. The van der Waals surface area contributed by atoms with E-state index in [4.69, 9.17) is 4.74 Å². The number of nitrogens with zero attached hydrogens (tertiary/aromatic N) is 2. The van der Waals surface area contributed by atoms with Gasteiger partial charge in [0.05, 0.1) is 6.61 Å². The lowest BCUT2D eigenvalue weighted by Crippen LogP contribution is -2.51. The zero-order chi connectivity index (χ0) is 22.5. The predicted octanol–water partition coefficient (Wildman–Crippen LogP) is 3.17. The van der Waals surface area contributed by atoms with Crippen LogP contribution in [0, 0.1) is 5.92 Å². The number of fused-ring (bicyclic) bond motifs is 1. The molecular formula is C26H33N3O3.